The predicted octanol–water partition coefficient (Wildman–Crippen LogP) is 0.722. The van der Waals surface area contributed by atoms with E-state index in [-0.39, 0.29) is 12.3 Å². The molecule has 0 radical (unpaired) electrons. The first-order valence-electron chi connectivity index (χ1n) is 5.91. The Morgan fingerprint density at radius 2 is 2.16 bits per heavy atom. The van der Waals surface area contributed by atoms with Crippen molar-refractivity contribution in [2.75, 3.05) is 7.05 Å². The third kappa shape index (κ3) is 4.14. The lowest BCUT2D eigenvalue weighted by molar-refractivity contribution is -0.182. The smallest absolute Gasteiger partial charge is 0.246 e. The van der Waals surface area contributed by atoms with Gasteiger partial charge in [0.05, 0.1) is 0 Å². The summed E-state index contributed by atoms with van der Waals surface area (Å²) in [5.74, 6) is 0.394. The molecule has 0 aliphatic carbocycles. The SMILES string of the molecule is CN(OCc1ccccc1)C(=O)CCc1nn[nH]n1. The van der Waals surface area contributed by atoms with Gasteiger partial charge in [-0.05, 0) is 5.56 Å². The lowest BCUT2D eigenvalue weighted by atomic mass is 10.2. The van der Waals surface area contributed by atoms with Crippen molar-refractivity contribution in [3.63, 3.8) is 0 Å². The van der Waals surface area contributed by atoms with Gasteiger partial charge in [-0.1, -0.05) is 35.5 Å². The second kappa shape index (κ2) is 6.60. The number of tetrazole rings is 1. The summed E-state index contributed by atoms with van der Waals surface area (Å²) in [4.78, 5) is 17.2. The van der Waals surface area contributed by atoms with Gasteiger partial charge in [-0.15, -0.1) is 10.2 Å². The van der Waals surface area contributed by atoms with Crippen LogP contribution in [0.3, 0.4) is 0 Å². The molecular formula is C12H15N5O2. The molecule has 7 nitrogen and oxygen atoms in total. The minimum atomic E-state index is -0.124. The molecule has 1 aromatic carbocycles. The molecule has 0 spiro atoms. The Hall–Kier alpha value is -2.28. The zero-order valence-electron chi connectivity index (χ0n) is 10.6. The number of aromatic nitrogens is 4. The Morgan fingerprint density at radius 1 is 1.37 bits per heavy atom. The van der Waals surface area contributed by atoms with E-state index in [4.69, 9.17) is 4.84 Å². The maximum absolute atomic E-state index is 11.8. The van der Waals surface area contributed by atoms with Crippen LogP contribution in [0.4, 0.5) is 0 Å². The molecule has 0 saturated heterocycles. The highest BCUT2D eigenvalue weighted by atomic mass is 16.7. The first-order chi connectivity index (χ1) is 9.25. The van der Waals surface area contributed by atoms with Crippen molar-refractivity contribution in [1.82, 2.24) is 25.7 Å². The second-order valence-corrected chi connectivity index (χ2v) is 3.98. The van der Waals surface area contributed by atoms with Gasteiger partial charge in [0.15, 0.2) is 5.82 Å². The van der Waals surface area contributed by atoms with Crippen LogP contribution in [0.5, 0.6) is 0 Å². The zero-order valence-corrected chi connectivity index (χ0v) is 10.6. The van der Waals surface area contributed by atoms with Crippen LogP contribution in [0.15, 0.2) is 30.3 Å². The number of amides is 1. The number of nitrogens with zero attached hydrogens (tertiary/aromatic N) is 4. The van der Waals surface area contributed by atoms with Gasteiger partial charge in [0.2, 0.25) is 5.91 Å². The quantitative estimate of drug-likeness (QED) is 0.775. The van der Waals surface area contributed by atoms with Crippen LogP contribution in [-0.2, 0) is 22.7 Å². The van der Waals surface area contributed by atoms with E-state index >= 15 is 0 Å². The van der Waals surface area contributed by atoms with Crippen LogP contribution >= 0.6 is 0 Å². The summed E-state index contributed by atoms with van der Waals surface area (Å²) in [6, 6.07) is 9.67. The molecule has 100 valence electrons. The topological polar surface area (TPSA) is 84.0 Å². The average Bonchev–Trinajstić information content (AvgIpc) is 2.96. The highest BCUT2D eigenvalue weighted by Crippen LogP contribution is 2.04. The molecule has 1 amide bonds. The van der Waals surface area contributed by atoms with Gasteiger partial charge in [0.1, 0.15) is 6.61 Å². The maximum atomic E-state index is 11.8. The number of aromatic amines is 1. The molecule has 0 aliphatic rings. The van der Waals surface area contributed by atoms with Crippen LogP contribution in [0.2, 0.25) is 0 Å². The molecule has 1 heterocycles. The van der Waals surface area contributed by atoms with Gasteiger partial charge in [-0.2, -0.15) is 5.21 Å². The summed E-state index contributed by atoms with van der Waals surface area (Å²) in [5.41, 5.74) is 1.01. The number of rotatable bonds is 6. The number of carbonyl (C=O) groups is 1. The minimum absolute atomic E-state index is 0.124. The number of nitrogens with one attached hydrogen (secondary N) is 1. The van der Waals surface area contributed by atoms with Gasteiger partial charge < -0.3 is 0 Å². The standard InChI is InChI=1S/C12H15N5O2/c1-17(19-9-10-5-3-2-4-6-10)12(18)8-7-11-13-15-16-14-11/h2-6H,7-9H2,1H3,(H,13,14,15,16). The number of hydrogen-bond acceptors (Lipinski definition) is 5. The van der Waals surface area contributed by atoms with Crippen molar-refractivity contribution >= 4 is 5.91 Å². The molecule has 0 fully saturated rings. The molecule has 0 bridgehead atoms. The monoisotopic (exact) mass is 261 g/mol. The summed E-state index contributed by atoms with van der Waals surface area (Å²) in [5, 5.41) is 14.6. The van der Waals surface area contributed by atoms with E-state index < -0.39 is 0 Å². The average molecular weight is 261 g/mol. The Morgan fingerprint density at radius 3 is 2.84 bits per heavy atom. The fourth-order valence-corrected chi connectivity index (χ4v) is 1.48. The number of carbonyl (C=O) groups excluding carboxylic acids is 1. The van der Waals surface area contributed by atoms with Crippen molar-refractivity contribution < 1.29 is 9.63 Å². The van der Waals surface area contributed by atoms with Crippen LogP contribution in [0, 0.1) is 0 Å². The lowest BCUT2D eigenvalue weighted by Gasteiger charge is -2.16. The van der Waals surface area contributed by atoms with Gasteiger partial charge in [-0.25, -0.2) is 5.06 Å². The fourth-order valence-electron chi connectivity index (χ4n) is 1.48. The van der Waals surface area contributed by atoms with Crippen molar-refractivity contribution in [3.8, 4) is 0 Å². The molecule has 2 aromatic rings. The molecule has 7 heteroatoms. The first kappa shape index (κ1) is 13.2. The number of hydroxylamine groups is 2. The molecular weight excluding hydrogens is 246 g/mol. The predicted molar refractivity (Wildman–Crippen MR) is 66.5 cm³/mol. The Balaban J connectivity index is 1.73. The molecule has 0 saturated carbocycles. The normalized spacial score (nSPS) is 10.4. The molecule has 0 unspecified atom stereocenters. The van der Waals surface area contributed by atoms with Gasteiger partial charge in [0, 0.05) is 19.9 Å². The summed E-state index contributed by atoms with van der Waals surface area (Å²) in [6.07, 6.45) is 0.721. The molecule has 0 atom stereocenters. The molecule has 0 aliphatic heterocycles. The molecule has 19 heavy (non-hydrogen) atoms. The van der Waals surface area contributed by atoms with E-state index in [0.29, 0.717) is 18.9 Å². The minimum Gasteiger partial charge on any atom is -0.273 e. The third-order valence-corrected chi connectivity index (χ3v) is 2.57. The Bertz CT molecular complexity index is 500. The number of aryl methyl sites for hydroxylation is 1. The van der Waals surface area contributed by atoms with Gasteiger partial charge >= 0.3 is 0 Å². The van der Waals surface area contributed by atoms with E-state index in [1.165, 1.54) is 5.06 Å². The van der Waals surface area contributed by atoms with E-state index in [0.717, 1.165) is 5.56 Å². The highest BCUT2D eigenvalue weighted by molar-refractivity contribution is 5.74. The van der Waals surface area contributed by atoms with Gasteiger partial charge in [0.25, 0.3) is 0 Å². The zero-order chi connectivity index (χ0) is 13.5. The summed E-state index contributed by atoms with van der Waals surface area (Å²) in [6.45, 7) is 0.366. The maximum Gasteiger partial charge on any atom is 0.246 e. The van der Waals surface area contributed by atoms with E-state index in [1.807, 2.05) is 30.3 Å². The van der Waals surface area contributed by atoms with Gasteiger partial charge in [-0.3, -0.25) is 9.63 Å². The van der Waals surface area contributed by atoms with Crippen LogP contribution in [0.25, 0.3) is 0 Å². The Labute approximate surface area is 110 Å². The van der Waals surface area contributed by atoms with Crippen molar-refractivity contribution in [3.05, 3.63) is 41.7 Å². The molecule has 1 aromatic heterocycles. The van der Waals surface area contributed by atoms with Crippen molar-refractivity contribution in [2.24, 2.45) is 0 Å². The van der Waals surface area contributed by atoms with Crippen molar-refractivity contribution in [1.29, 1.82) is 0 Å². The fraction of sp³-hybridized carbons (Fsp3) is 0.333. The Kier molecular flexibility index (Phi) is 4.57. The van der Waals surface area contributed by atoms with E-state index in [2.05, 4.69) is 20.6 Å². The van der Waals surface area contributed by atoms with E-state index in [9.17, 15) is 4.79 Å². The van der Waals surface area contributed by atoms with E-state index in [1.54, 1.807) is 7.05 Å². The molecule has 2 rings (SSSR count). The lowest BCUT2D eigenvalue weighted by Crippen LogP contribution is -2.27. The first-order valence-corrected chi connectivity index (χ1v) is 5.91. The summed E-state index contributed by atoms with van der Waals surface area (Å²) < 4.78 is 0. The van der Waals surface area contributed by atoms with Crippen LogP contribution in [0.1, 0.15) is 17.8 Å². The van der Waals surface area contributed by atoms with Crippen LogP contribution in [-0.4, -0.2) is 38.6 Å². The largest absolute Gasteiger partial charge is 0.273 e. The summed E-state index contributed by atoms with van der Waals surface area (Å²) in [7, 11) is 1.60. The number of H-pyrrole nitrogens is 1. The number of hydrogen-bond donors (Lipinski definition) is 1. The number of benzene rings is 1. The van der Waals surface area contributed by atoms with Crippen LogP contribution < -0.4 is 0 Å². The highest BCUT2D eigenvalue weighted by Gasteiger charge is 2.11. The second-order valence-electron chi connectivity index (χ2n) is 3.98. The third-order valence-electron chi connectivity index (χ3n) is 2.57. The summed E-state index contributed by atoms with van der Waals surface area (Å²) >= 11 is 0. The van der Waals surface area contributed by atoms with Crippen molar-refractivity contribution in [2.45, 2.75) is 19.4 Å². The molecule has 1 N–H and O–H groups in total.